The minimum Gasteiger partial charge on any atom is -0.487 e. The number of aryl methyl sites for hydroxylation is 1. The van der Waals surface area contributed by atoms with Crippen LogP contribution in [-0.2, 0) is 6.42 Å². The number of aliphatic hydroxyl groups is 1. The van der Waals surface area contributed by atoms with Gasteiger partial charge in [0.1, 0.15) is 23.8 Å². The van der Waals surface area contributed by atoms with Gasteiger partial charge < -0.3 is 9.84 Å². The molecule has 1 N–H and O–H groups in total. The van der Waals surface area contributed by atoms with E-state index in [9.17, 15) is 9.50 Å². The smallest absolute Gasteiger partial charge is 0.126 e. The average molecular weight is 231 g/mol. The highest BCUT2D eigenvalue weighted by Gasteiger charge is 2.25. The van der Waals surface area contributed by atoms with E-state index >= 15 is 0 Å². The largest absolute Gasteiger partial charge is 0.487 e. The number of aliphatic hydroxyl groups excluding tert-OH is 1. The van der Waals surface area contributed by atoms with Gasteiger partial charge in [-0.3, -0.25) is 0 Å². The number of fused-ring (bicyclic) bond motifs is 1. The Morgan fingerprint density at radius 1 is 1.60 bits per heavy atom. The fourth-order valence-electron chi connectivity index (χ4n) is 1.75. The quantitative estimate of drug-likeness (QED) is 0.789. The van der Waals surface area contributed by atoms with Gasteiger partial charge in [0.2, 0.25) is 0 Å². The zero-order valence-electron chi connectivity index (χ0n) is 8.12. The van der Waals surface area contributed by atoms with E-state index < -0.39 is 6.10 Å². The fraction of sp³-hybridized carbons (Fsp3) is 0.455. The molecule has 1 aromatic carbocycles. The molecule has 1 aliphatic heterocycles. The molecule has 1 aliphatic rings. The molecule has 1 aromatic rings. The summed E-state index contributed by atoms with van der Waals surface area (Å²) in [6, 6.07) is 4.42. The van der Waals surface area contributed by atoms with Crippen molar-refractivity contribution in [1.82, 2.24) is 0 Å². The molecule has 82 valence electrons. The number of halogens is 2. The van der Waals surface area contributed by atoms with Gasteiger partial charge >= 0.3 is 0 Å². The van der Waals surface area contributed by atoms with Gasteiger partial charge in [0, 0.05) is 0 Å². The van der Waals surface area contributed by atoms with Crippen molar-refractivity contribution in [3.8, 4) is 5.75 Å². The number of hydrogen-bond donors (Lipinski definition) is 1. The molecule has 2 atom stereocenters. The molecule has 2 rings (SSSR count). The first-order chi connectivity index (χ1) is 7.20. The standard InChI is InChI=1S/C11H12ClFO2/c12-6-9(14)11-3-1-7-5-8(13)2-4-10(7)15-11/h2,4-5,9,11,14H,1,3,6H2/t9-,11-/m0/s1. The van der Waals surface area contributed by atoms with E-state index in [1.54, 1.807) is 6.07 Å². The molecule has 0 bridgehead atoms. The molecule has 0 amide bonds. The summed E-state index contributed by atoms with van der Waals surface area (Å²) in [6.45, 7) is 0. The highest BCUT2D eigenvalue weighted by molar-refractivity contribution is 6.18. The Kier molecular flexibility index (Phi) is 3.12. The summed E-state index contributed by atoms with van der Waals surface area (Å²) in [4.78, 5) is 0. The maximum Gasteiger partial charge on any atom is 0.126 e. The topological polar surface area (TPSA) is 29.5 Å². The first kappa shape index (κ1) is 10.7. The molecule has 1 heterocycles. The highest BCUT2D eigenvalue weighted by atomic mass is 35.5. The summed E-state index contributed by atoms with van der Waals surface area (Å²) < 4.78 is 18.4. The maximum atomic E-state index is 12.9. The Morgan fingerprint density at radius 2 is 2.40 bits per heavy atom. The van der Waals surface area contributed by atoms with Crippen molar-refractivity contribution in [1.29, 1.82) is 0 Å². The third-order valence-electron chi connectivity index (χ3n) is 2.59. The van der Waals surface area contributed by atoms with Crippen molar-refractivity contribution < 1.29 is 14.2 Å². The van der Waals surface area contributed by atoms with E-state index in [2.05, 4.69) is 0 Å². The zero-order chi connectivity index (χ0) is 10.8. The third kappa shape index (κ3) is 2.24. The van der Waals surface area contributed by atoms with Gasteiger partial charge in [-0.05, 0) is 36.6 Å². The van der Waals surface area contributed by atoms with Crippen LogP contribution in [0.3, 0.4) is 0 Å². The predicted octanol–water partition coefficient (Wildman–Crippen LogP) is 2.12. The van der Waals surface area contributed by atoms with E-state index in [0.29, 0.717) is 18.6 Å². The Bertz CT molecular complexity index is 356. The minimum atomic E-state index is -0.662. The number of benzene rings is 1. The molecule has 0 spiro atoms. The van der Waals surface area contributed by atoms with Crippen molar-refractivity contribution >= 4 is 11.6 Å². The fourth-order valence-corrected chi connectivity index (χ4v) is 1.95. The molecule has 0 aliphatic carbocycles. The van der Waals surface area contributed by atoms with Crippen molar-refractivity contribution in [3.63, 3.8) is 0 Å². The molecular weight excluding hydrogens is 219 g/mol. The van der Waals surface area contributed by atoms with Crippen LogP contribution in [0.25, 0.3) is 0 Å². The van der Waals surface area contributed by atoms with Crippen molar-refractivity contribution in [3.05, 3.63) is 29.6 Å². The van der Waals surface area contributed by atoms with Crippen LogP contribution in [0.1, 0.15) is 12.0 Å². The Hall–Kier alpha value is -0.800. The second kappa shape index (κ2) is 4.37. The highest BCUT2D eigenvalue weighted by Crippen LogP contribution is 2.29. The normalized spacial score (nSPS) is 21.7. The molecule has 15 heavy (non-hydrogen) atoms. The van der Waals surface area contributed by atoms with Crippen LogP contribution in [0.2, 0.25) is 0 Å². The summed E-state index contributed by atoms with van der Waals surface area (Å²) in [7, 11) is 0. The second-order valence-electron chi connectivity index (χ2n) is 3.67. The first-order valence-electron chi connectivity index (χ1n) is 4.90. The van der Waals surface area contributed by atoms with Crippen LogP contribution in [-0.4, -0.2) is 23.2 Å². The molecule has 4 heteroatoms. The van der Waals surface area contributed by atoms with Crippen molar-refractivity contribution in [2.75, 3.05) is 5.88 Å². The summed E-state index contributed by atoms with van der Waals surface area (Å²) in [5, 5.41) is 9.53. The SMILES string of the molecule is O[C@@H](CCl)[C@@H]1CCc2cc(F)ccc2O1. The van der Waals surface area contributed by atoms with Gasteiger partial charge in [0.05, 0.1) is 5.88 Å². The van der Waals surface area contributed by atoms with Crippen LogP contribution >= 0.6 is 11.6 Å². The van der Waals surface area contributed by atoms with Crippen molar-refractivity contribution in [2.45, 2.75) is 25.0 Å². The van der Waals surface area contributed by atoms with Gasteiger partial charge in [-0.2, -0.15) is 0 Å². The van der Waals surface area contributed by atoms with Gasteiger partial charge in [-0.25, -0.2) is 4.39 Å². The monoisotopic (exact) mass is 230 g/mol. The summed E-state index contributed by atoms with van der Waals surface area (Å²) in [6.07, 6.45) is 0.445. The molecule has 2 nitrogen and oxygen atoms in total. The van der Waals surface area contributed by atoms with E-state index in [1.165, 1.54) is 12.1 Å². The lowest BCUT2D eigenvalue weighted by Crippen LogP contribution is -2.36. The molecule has 0 unspecified atom stereocenters. The van der Waals surface area contributed by atoms with Gasteiger partial charge in [0.15, 0.2) is 0 Å². The van der Waals surface area contributed by atoms with E-state index in [-0.39, 0.29) is 17.8 Å². The lowest BCUT2D eigenvalue weighted by Gasteiger charge is -2.28. The lowest BCUT2D eigenvalue weighted by molar-refractivity contribution is 0.0377. The maximum absolute atomic E-state index is 12.9. The van der Waals surface area contributed by atoms with Gasteiger partial charge in [0.25, 0.3) is 0 Å². The first-order valence-corrected chi connectivity index (χ1v) is 5.43. The molecule has 0 saturated carbocycles. The molecule has 0 fully saturated rings. The predicted molar refractivity (Wildman–Crippen MR) is 55.9 cm³/mol. The molecular formula is C11H12ClFO2. The summed E-state index contributed by atoms with van der Waals surface area (Å²) >= 11 is 5.55. The van der Waals surface area contributed by atoms with E-state index in [1.807, 2.05) is 0 Å². The molecule has 0 saturated heterocycles. The summed E-state index contributed by atoms with van der Waals surface area (Å²) in [5.74, 6) is 0.548. The molecule has 0 radical (unpaired) electrons. The third-order valence-corrected chi connectivity index (χ3v) is 2.90. The van der Waals surface area contributed by atoms with Gasteiger partial charge in [-0.1, -0.05) is 0 Å². The number of hydrogen-bond acceptors (Lipinski definition) is 2. The second-order valence-corrected chi connectivity index (χ2v) is 3.98. The van der Waals surface area contributed by atoms with Crippen LogP contribution in [0, 0.1) is 5.82 Å². The Labute approximate surface area is 92.6 Å². The zero-order valence-corrected chi connectivity index (χ0v) is 8.88. The van der Waals surface area contributed by atoms with Gasteiger partial charge in [-0.15, -0.1) is 11.6 Å². The number of rotatable bonds is 2. The van der Waals surface area contributed by atoms with Crippen LogP contribution in [0.15, 0.2) is 18.2 Å². The molecule has 0 aromatic heterocycles. The van der Waals surface area contributed by atoms with Crippen LogP contribution in [0.4, 0.5) is 4.39 Å². The van der Waals surface area contributed by atoms with Crippen LogP contribution in [0.5, 0.6) is 5.75 Å². The van der Waals surface area contributed by atoms with Crippen molar-refractivity contribution in [2.24, 2.45) is 0 Å². The minimum absolute atomic E-state index is 0.154. The van der Waals surface area contributed by atoms with E-state index in [4.69, 9.17) is 16.3 Å². The number of ether oxygens (including phenoxy) is 1. The summed E-state index contributed by atoms with van der Waals surface area (Å²) in [5.41, 5.74) is 0.855. The lowest BCUT2D eigenvalue weighted by atomic mass is 9.99. The Balaban J connectivity index is 2.16. The Morgan fingerprint density at radius 3 is 3.13 bits per heavy atom. The van der Waals surface area contributed by atoms with Crippen LogP contribution < -0.4 is 4.74 Å². The van der Waals surface area contributed by atoms with E-state index in [0.717, 1.165) is 5.56 Å². The average Bonchev–Trinajstić information content (AvgIpc) is 2.27. The number of alkyl halides is 1.